The van der Waals surface area contributed by atoms with Gasteiger partial charge in [-0.1, -0.05) is 25.1 Å². The number of amides is 1. The van der Waals surface area contributed by atoms with E-state index in [9.17, 15) is 18.0 Å². The molecule has 1 aromatic heterocycles. The molecule has 5 nitrogen and oxygen atoms in total. The first-order chi connectivity index (χ1) is 16.4. The average molecular weight is 470 g/mol. The van der Waals surface area contributed by atoms with Gasteiger partial charge < -0.3 is 15.0 Å². The van der Waals surface area contributed by atoms with Crippen molar-refractivity contribution in [2.24, 2.45) is 5.92 Å². The molecule has 0 radical (unpaired) electrons. The molecule has 0 fully saturated rings. The number of fused-ring (bicyclic) bond motifs is 1. The van der Waals surface area contributed by atoms with Gasteiger partial charge in [-0.25, -0.2) is 18.2 Å². The third-order valence-corrected chi connectivity index (χ3v) is 5.84. The molecule has 0 bridgehead atoms. The van der Waals surface area contributed by atoms with Crippen LogP contribution in [-0.4, -0.2) is 28.9 Å². The van der Waals surface area contributed by atoms with Crippen molar-refractivity contribution in [2.45, 2.75) is 32.9 Å². The maximum atomic E-state index is 14.2. The van der Waals surface area contributed by atoms with Crippen LogP contribution in [0.3, 0.4) is 0 Å². The van der Waals surface area contributed by atoms with E-state index < -0.39 is 17.5 Å². The Morgan fingerprint density at radius 2 is 1.94 bits per heavy atom. The van der Waals surface area contributed by atoms with Crippen molar-refractivity contribution in [3.05, 3.63) is 88.9 Å². The van der Waals surface area contributed by atoms with Gasteiger partial charge in [0.05, 0.1) is 6.61 Å². The average Bonchev–Trinajstić information content (AvgIpc) is 2.96. The summed E-state index contributed by atoms with van der Waals surface area (Å²) >= 11 is 0. The number of hydrogen-bond donors (Lipinski definition) is 1. The summed E-state index contributed by atoms with van der Waals surface area (Å²) in [6.45, 7) is 3.11. The molecule has 4 rings (SSSR count). The summed E-state index contributed by atoms with van der Waals surface area (Å²) in [5.74, 6) is -3.04. The summed E-state index contributed by atoms with van der Waals surface area (Å²) in [6.07, 6.45) is 3.04. The highest BCUT2D eigenvalue weighted by atomic mass is 19.2. The lowest BCUT2D eigenvalue weighted by Gasteiger charge is -2.23. The lowest BCUT2D eigenvalue weighted by Crippen LogP contribution is -2.33. The number of rotatable bonds is 8. The van der Waals surface area contributed by atoms with E-state index in [1.54, 1.807) is 6.20 Å². The fraction of sp³-hybridized carbons (Fsp3) is 0.308. The maximum absolute atomic E-state index is 14.2. The predicted octanol–water partition coefficient (Wildman–Crippen LogP) is 5.10. The van der Waals surface area contributed by atoms with E-state index in [-0.39, 0.29) is 30.5 Å². The molecule has 1 amide bonds. The Kier molecular flexibility index (Phi) is 7.35. The Morgan fingerprint density at radius 1 is 1.09 bits per heavy atom. The number of pyridine rings is 1. The molecular weight excluding hydrogens is 443 g/mol. The number of nitrogens with zero attached hydrogens (tertiary/aromatic N) is 2. The number of halogens is 3. The summed E-state index contributed by atoms with van der Waals surface area (Å²) in [4.78, 5) is 18.6. The Morgan fingerprint density at radius 3 is 2.74 bits per heavy atom. The SMILES string of the molecule is CC1Cc2ccc(OCCCNc3ccccn3)cc2CN(Cc2ccc(F)c(F)c2F)C1=O. The Bertz CT molecular complexity index is 1160. The van der Waals surface area contributed by atoms with Crippen LogP contribution >= 0.6 is 0 Å². The minimum Gasteiger partial charge on any atom is -0.494 e. The fourth-order valence-corrected chi connectivity index (χ4v) is 4.02. The topological polar surface area (TPSA) is 54.5 Å². The van der Waals surface area contributed by atoms with Crippen LogP contribution in [0.25, 0.3) is 0 Å². The molecule has 0 saturated carbocycles. The number of hydrogen-bond acceptors (Lipinski definition) is 4. The number of nitrogens with one attached hydrogen (secondary N) is 1. The van der Waals surface area contributed by atoms with Gasteiger partial charge in [0.2, 0.25) is 5.91 Å². The van der Waals surface area contributed by atoms with Crippen LogP contribution in [0.2, 0.25) is 0 Å². The minimum absolute atomic E-state index is 0.0595. The van der Waals surface area contributed by atoms with Crippen molar-refractivity contribution < 1.29 is 22.7 Å². The quantitative estimate of drug-likeness (QED) is 0.368. The third kappa shape index (κ3) is 5.50. The van der Waals surface area contributed by atoms with Crippen molar-refractivity contribution in [2.75, 3.05) is 18.5 Å². The van der Waals surface area contributed by atoms with E-state index in [0.29, 0.717) is 25.3 Å². The van der Waals surface area contributed by atoms with Gasteiger partial charge in [0, 0.05) is 37.3 Å². The number of aromatic nitrogens is 1. The van der Waals surface area contributed by atoms with Gasteiger partial charge in [-0.15, -0.1) is 0 Å². The molecule has 1 N–H and O–H groups in total. The van der Waals surface area contributed by atoms with Crippen LogP contribution < -0.4 is 10.1 Å². The highest BCUT2D eigenvalue weighted by Gasteiger charge is 2.28. The van der Waals surface area contributed by atoms with E-state index >= 15 is 0 Å². The Balaban J connectivity index is 1.41. The van der Waals surface area contributed by atoms with E-state index in [1.165, 1.54) is 11.0 Å². The van der Waals surface area contributed by atoms with Crippen molar-refractivity contribution in [3.63, 3.8) is 0 Å². The van der Waals surface area contributed by atoms with Gasteiger partial charge in [0.15, 0.2) is 17.5 Å². The second-order valence-corrected chi connectivity index (χ2v) is 8.41. The first kappa shape index (κ1) is 23.6. The highest BCUT2D eigenvalue weighted by molar-refractivity contribution is 5.79. The zero-order valence-corrected chi connectivity index (χ0v) is 18.9. The first-order valence-electron chi connectivity index (χ1n) is 11.2. The first-order valence-corrected chi connectivity index (χ1v) is 11.2. The molecule has 1 atom stereocenters. The third-order valence-electron chi connectivity index (χ3n) is 5.84. The molecule has 1 aliphatic rings. The molecular formula is C26H26F3N3O2. The summed E-state index contributed by atoms with van der Waals surface area (Å²) < 4.78 is 47.1. The zero-order chi connectivity index (χ0) is 24.1. The summed E-state index contributed by atoms with van der Waals surface area (Å²) in [5, 5.41) is 3.22. The van der Waals surface area contributed by atoms with Gasteiger partial charge >= 0.3 is 0 Å². The van der Waals surface area contributed by atoms with Crippen LogP contribution in [0, 0.1) is 23.4 Å². The molecule has 178 valence electrons. The number of ether oxygens (including phenoxy) is 1. The van der Waals surface area contributed by atoms with Crippen molar-refractivity contribution in [1.82, 2.24) is 9.88 Å². The second-order valence-electron chi connectivity index (χ2n) is 8.41. The molecule has 0 spiro atoms. The smallest absolute Gasteiger partial charge is 0.226 e. The molecule has 2 heterocycles. The summed E-state index contributed by atoms with van der Waals surface area (Å²) in [6, 6.07) is 13.4. The monoisotopic (exact) mass is 469 g/mol. The fourth-order valence-electron chi connectivity index (χ4n) is 4.02. The van der Waals surface area contributed by atoms with E-state index in [1.807, 2.05) is 43.3 Å². The molecule has 2 aromatic carbocycles. The number of carbonyl (C=O) groups is 1. The van der Waals surface area contributed by atoms with Crippen LogP contribution in [-0.2, 0) is 24.3 Å². The molecule has 1 aliphatic heterocycles. The van der Waals surface area contributed by atoms with Gasteiger partial charge in [0.25, 0.3) is 0 Å². The predicted molar refractivity (Wildman–Crippen MR) is 123 cm³/mol. The second kappa shape index (κ2) is 10.6. The van der Waals surface area contributed by atoms with Crippen molar-refractivity contribution >= 4 is 11.7 Å². The molecule has 8 heteroatoms. The van der Waals surface area contributed by atoms with E-state index in [2.05, 4.69) is 10.3 Å². The van der Waals surface area contributed by atoms with E-state index in [0.717, 1.165) is 29.4 Å². The molecule has 0 saturated heterocycles. The molecule has 1 unspecified atom stereocenters. The Hall–Kier alpha value is -3.55. The normalized spacial score (nSPS) is 15.6. The van der Waals surface area contributed by atoms with Crippen LogP contribution in [0.4, 0.5) is 19.0 Å². The number of carbonyl (C=O) groups excluding carboxylic acids is 1. The standard InChI is InChI=1S/C26H26F3N3O2/c1-17-13-18-6-8-21(34-12-4-11-31-23-5-2-3-10-30-23)14-20(18)16-32(26(17)33)15-19-7-9-22(27)25(29)24(19)28/h2-3,5-10,14,17H,4,11-13,15-16H2,1H3,(H,30,31). The highest BCUT2D eigenvalue weighted by Crippen LogP contribution is 2.28. The number of anilines is 1. The largest absolute Gasteiger partial charge is 0.494 e. The lowest BCUT2D eigenvalue weighted by molar-refractivity contribution is -0.135. The number of benzene rings is 2. The maximum Gasteiger partial charge on any atom is 0.226 e. The van der Waals surface area contributed by atoms with Crippen LogP contribution in [0.5, 0.6) is 5.75 Å². The van der Waals surface area contributed by atoms with Gasteiger partial charge in [-0.2, -0.15) is 0 Å². The van der Waals surface area contributed by atoms with Gasteiger partial charge in [-0.3, -0.25) is 4.79 Å². The molecule has 3 aromatic rings. The van der Waals surface area contributed by atoms with Crippen LogP contribution in [0.15, 0.2) is 54.7 Å². The van der Waals surface area contributed by atoms with E-state index in [4.69, 9.17) is 4.74 Å². The van der Waals surface area contributed by atoms with Gasteiger partial charge in [-0.05, 0) is 54.3 Å². The Labute approximate surface area is 196 Å². The zero-order valence-electron chi connectivity index (χ0n) is 18.9. The molecule has 34 heavy (non-hydrogen) atoms. The van der Waals surface area contributed by atoms with Crippen molar-refractivity contribution in [1.29, 1.82) is 0 Å². The van der Waals surface area contributed by atoms with Crippen molar-refractivity contribution in [3.8, 4) is 5.75 Å². The van der Waals surface area contributed by atoms with Gasteiger partial charge in [0.1, 0.15) is 11.6 Å². The lowest BCUT2D eigenvalue weighted by atomic mass is 9.98. The minimum atomic E-state index is -1.53. The summed E-state index contributed by atoms with van der Waals surface area (Å²) in [5.41, 5.74) is 1.85. The summed E-state index contributed by atoms with van der Waals surface area (Å²) in [7, 11) is 0. The van der Waals surface area contributed by atoms with Crippen LogP contribution in [0.1, 0.15) is 30.0 Å². The molecule has 0 aliphatic carbocycles.